The molecule has 0 aliphatic carbocycles. The average Bonchev–Trinajstić information content (AvgIpc) is 2.97. The van der Waals surface area contributed by atoms with Gasteiger partial charge in [0.1, 0.15) is 6.17 Å². The first-order valence-electron chi connectivity index (χ1n) is 6.69. The van der Waals surface area contributed by atoms with Crippen LogP contribution in [0.25, 0.3) is 0 Å². The van der Waals surface area contributed by atoms with E-state index in [0.717, 1.165) is 0 Å². The lowest BCUT2D eigenvalue weighted by atomic mass is 10.2. The van der Waals surface area contributed by atoms with Crippen molar-refractivity contribution in [1.29, 1.82) is 0 Å². The molecule has 0 fully saturated rings. The zero-order valence-corrected chi connectivity index (χ0v) is 11.7. The van der Waals surface area contributed by atoms with Crippen LogP contribution in [0.3, 0.4) is 0 Å². The Morgan fingerprint density at radius 3 is 2.83 bits per heavy atom. The van der Waals surface area contributed by atoms with E-state index in [1.807, 2.05) is 29.3 Å². The molecule has 0 spiro atoms. The number of allylic oxidation sites excluding steroid dienone is 2. The summed E-state index contributed by atoms with van der Waals surface area (Å²) in [5.74, 6) is -3.77. The number of rotatable bonds is 5. The summed E-state index contributed by atoms with van der Waals surface area (Å²) >= 11 is 0. The van der Waals surface area contributed by atoms with Gasteiger partial charge in [-0.1, -0.05) is 6.08 Å². The molecule has 23 heavy (non-hydrogen) atoms. The Bertz CT molecular complexity index is 657. The van der Waals surface area contributed by atoms with Gasteiger partial charge in [0.2, 0.25) is 5.88 Å². The van der Waals surface area contributed by atoms with Crippen molar-refractivity contribution in [3.8, 4) is 5.88 Å². The molecule has 3 heterocycles. The second kappa shape index (κ2) is 5.90. The number of alkyl halides is 4. The van der Waals surface area contributed by atoms with Gasteiger partial charge in [0.25, 0.3) is 0 Å². The van der Waals surface area contributed by atoms with Gasteiger partial charge in [0.15, 0.2) is 12.4 Å². The zero-order valence-electron chi connectivity index (χ0n) is 11.7. The molecule has 3 rings (SSSR count). The molecule has 0 amide bonds. The smallest absolute Gasteiger partial charge is 0.340 e. The lowest BCUT2D eigenvalue weighted by Crippen LogP contribution is -2.36. The predicted octanol–water partition coefficient (Wildman–Crippen LogP) is 2.34. The van der Waals surface area contributed by atoms with Crippen LogP contribution in [0.5, 0.6) is 5.88 Å². The number of fused-ring (bicyclic) bond motifs is 1. The highest BCUT2D eigenvalue weighted by molar-refractivity contribution is 6.00. The van der Waals surface area contributed by atoms with Crippen LogP contribution >= 0.6 is 0 Å². The van der Waals surface area contributed by atoms with Gasteiger partial charge in [-0.25, -0.2) is 13.8 Å². The first-order chi connectivity index (χ1) is 11.0. The molecule has 122 valence electrons. The molecule has 0 radical (unpaired) electrons. The van der Waals surface area contributed by atoms with Crippen molar-refractivity contribution in [3.63, 3.8) is 0 Å². The third-order valence-corrected chi connectivity index (χ3v) is 3.22. The summed E-state index contributed by atoms with van der Waals surface area (Å²) in [6, 6.07) is 2.90. The van der Waals surface area contributed by atoms with Gasteiger partial charge in [-0.3, -0.25) is 5.43 Å². The highest BCUT2D eigenvalue weighted by Crippen LogP contribution is 2.24. The Morgan fingerprint density at radius 1 is 1.30 bits per heavy atom. The maximum absolute atomic E-state index is 12.8. The van der Waals surface area contributed by atoms with Crippen LogP contribution in [0.1, 0.15) is 5.56 Å². The predicted molar refractivity (Wildman–Crippen MR) is 74.3 cm³/mol. The fraction of sp³-hybridized carbons (Fsp3) is 0.286. The SMILES string of the molecule is FC(F)C(F)(F)COc1ccc(C2=NNC3C=CC=CN23)cn1. The Labute approximate surface area is 128 Å². The standard InChI is InChI=1S/C14H12F4N4O/c15-13(16)14(17,18)8-23-11-5-4-9(7-19-11)12-21-20-10-3-1-2-6-22(10)12/h1-7,10,13,20H,8H2. The molecular formula is C14H12F4N4O. The summed E-state index contributed by atoms with van der Waals surface area (Å²) < 4.78 is 54.3. The maximum Gasteiger partial charge on any atom is 0.340 e. The molecule has 1 atom stereocenters. The molecule has 2 aliphatic heterocycles. The van der Waals surface area contributed by atoms with E-state index in [9.17, 15) is 17.6 Å². The Morgan fingerprint density at radius 2 is 2.13 bits per heavy atom. The largest absolute Gasteiger partial charge is 0.471 e. The summed E-state index contributed by atoms with van der Waals surface area (Å²) in [4.78, 5) is 5.71. The van der Waals surface area contributed by atoms with Crippen molar-refractivity contribution in [2.75, 3.05) is 6.61 Å². The van der Waals surface area contributed by atoms with Crippen LogP contribution in [-0.2, 0) is 0 Å². The van der Waals surface area contributed by atoms with Gasteiger partial charge in [0, 0.05) is 24.0 Å². The average molecular weight is 328 g/mol. The number of hydrazone groups is 1. The van der Waals surface area contributed by atoms with Crippen LogP contribution in [0, 0.1) is 0 Å². The third-order valence-electron chi connectivity index (χ3n) is 3.22. The zero-order chi connectivity index (χ0) is 16.4. The topological polar surface area (TPSA) is 49.8 Å². The van der Waals surface area contributed by atoms with Gasteiger partial charge < -0.3 is 9.64 Å². The number of nitrogens with zero attached hydrogens (tertiary/aromatic N) is 3. The quantitative estimate of drug-likeness (QED) is 0.843. The molecule has 1 aromatic heterocycles. The van der Waals surface area contributed by atoms with Gasteiger partial charge >= 0.3 is 12.3 Å². The third kappa shape index (κ3) is 3.13. The second-order valence-electron chi connectivity index (χ2n) is 4.88. The molecule has 0 saturated heterocycles. The van der Waals surface area contributed by atoms with Crippen LogP contribution in [0.2, 0.25) is 0 Å². The highest BCUT2D eigenvalue weighted by atomic mass is 19.3. The summed E-state index contributed by atoms with van der Waals surface area (Å²) in [6.45, 7) is -1.43. The van der Waals surface area contributed by atoms with Gasteiger partial charge in [-0.05, 0) is 18.2 Å². The lowest BCUT2D eigenvalue weighted by Gasteiger charge is -2.22. The van der Waals surface area contributed by atoms with Gasteiger partial charge in [0.05, 0.1) is 0 Å². The fourth-order valence-corrected chi connectivity index (χ4v) is 2.03. The number of hydrogen-bond donors (Lipinski definition) is 1. The van der Waals surface area contributed by atoms with Crippen LogP contribution in [0.15, 0.2) is 47.9 Å². The van der Waals surface area contributed by atoms with Crippen molar-refractivity contribution in [3.05, 3.63) is 48.3 Å². The van der Waals surface area contributed by atoms with Crippen molar-refractivity contribution in [2.24, 2.45) is 5.10 Å². The van der Waals surface area contributed by atoms with E-state index in [1.54, 1.807) is 6.07 Å². The number of hydrogen-bond acceptors (Lipinski definition) is 5. The first-order valence-corrected chi connectivity index (χ1v) is 6.69. The van der Waals surface area contributed by atoms with E-state index in [-0.39, 0.29) is 12.0 Å². The van der Waals surface area contributed by atoms with E-state index in [0.29, 0.717) is 11.4 Å². The van der Waals surface area contributed by atoms with Crippen LogP contribution in [0.4, 0.5) is 17.6 Å². The number of halogens is 4. The Balaban J connectivity index is 1.66. The summed E-state index contributed by atoms with van der Waals surface area (Å²) in [5.41, 5.74) is 3.55. The molecule has 0 saturated carbocycles. The number of ether oxygens (including phenoxy) is 1. The molecule has 1 N–H and O–H groups in total. The molecular weight excluding hydrogens is 316 g/mol. The van der Waals surface area contributed by atoms with Gasteiger partial charge in [-0.2, -0.15) is 13.9 Å². The Hall–Kier alpha value is -2.58. The number of amidine groups is 1. The lowest BCUT2D eigenvalue weighted by molar-refractivity contribution is -0.148. The summed E-state index contributed by atoms with van der Waals surface area (Å²) in [5, 5.41) is 4.18. The fourth-order valence-electron chi connectivity index (χ4n) is 2.03. The van der Waals surface area contributed by atoms with Gasteiger partial charge in [-0.15, -0.1) is 0 Å². The molecule has 2 aliphatic rings. The normalized spacial score (nSPS) is 19.6. The van der Waals surface area contributed by atoms with Crippen molar-refractivity contribution >= 4 is 5.84 Å². The summed E-state index contributed by atoms with van der Waals surface area (Å²) in [6.07, 6.45) is 4.98. The van der Waals surface area contributed by atoms with E-state index in [4.69, 9.17) is 0 Å². The molecule has 0 bridgehead atoms. The van der Waals surface area contributed by atoms with Crippen LogP contribution < -0.4 is 10.2 Å². The molecule has 1 aromatic rings. The molecule has 5 nitrogen and oxygen atoms in total. The molecule has 9 heteroatoms. The minimum Gasteiger partial charge on any atom is -0.471 e. The number of aromatic nitrogens is 1. The second-order valence-corrected chi connectivity index (χ2v) is 4.88. The van der Waals surface area contributed by atoms with E-state index >= 15 is 0 Å². The van der Waals surface area contributed by atoms with E-state index in [2.05, 4.69) is 20.2 Å². The van der Waals surface area contributed by atoms with E-state index in [1.165, 1.54) is 12.3 Å². The maximum atomic E-state index is 12.8. The summed E-state index contributed by atoms with van der Waals surface area (Å²) in [7, 11) is 0. The minimum absolute atomic E-state index is 0.0874. The molecule has 0 aromatic carbocycles. The monoisotopic (exact) mass is 328 g/mol. The molecule has 1 unspecified atom stereocenters. The minimum atomic E-state index is -4.21. The number of nitrogens with one attached hydrogen (secondary N) is 1. The number of pyridine rings is 1. The van der Waals surface area contributed by atoms with Crippen molar-refractivity contribution in [1.82, 2.24) is 15.3 Å². The van der Waals surface area contributed by atoms with Crippen molar-refractivity contribution in [2.45, 2.75) is 18.5 Å². The highest BCUT2D eigenvalue weighted by Gasteiger charge is 2.41. The van der Waals surface area contributed by atoms with E-state index < -0.39 is 19.0 Å². The Kier molecular flexibility index (Phi) is 3.93. The van der Waals surface area contributed by atoms with Crippen LogP contribution in [-0.4, -0.2) is 40.8 Å². The first kappa shape index (κ1) is 15.3. The van der Waals surface area contributed by atoms with Crippen molar-refractivity contribution < 1.29 is 22.3 Å².